The van der Waals surface area contributed by atoms with E-state index in [1.807, 2.05) is 36.4 Å². The number of fused-ring (bicyclic) bond motifs is 1. The third kappa shape index (κ3) is 6.65. The maximum absolute atomic E-state index is 7.04. The van der Waals surface area contributed by atoms with Gasteiger partial charge in [-0.25, -0.2) is 0 Å². The lowest BCUT2D eigenvalue weighted by molar-refractivity contribution is -0.274. The molecule has 1 heterocycles. The summed E-state index contributed by atoms with van der Waals surface area (Å²) in [7, 11) is 2.80. The number of benzene rings is 3. The Labute approximate surface area is 270 Å². The molecule has 244 valence electrons. The maximum atomic E-state index is 7.04. The van der Waals surface area contributed by atoms with Crippen molar-refractivity contribution in [1.29, 1.82) is 0 Å². The van der Waals surface area contributed by atoms with E-state index in [4.69, 9.17) is 32.8 Å². The van der Waals surface area contributed by atoms with Gasteiger partial charge in [-0.05, 0) is 41.7 Å². The molecule has 1 aliphatic heterocycles. The van der Waals surface area contributed by atoms with Gasteiger partial charge in [0, 0.05) is 26.2 Å². The van der Waals surface area contributed by atoms with Crippen molar-refractivity contribution in [2.75, 3.05) is 21.3 Å². The molecule has 3 aromatic rings. The van der Waals surface area contributed by atoms with Crippen LogP contribution in [0, 0.1) is 0 Å². The van der Waals surface area contributed by atoms with Crippen LogP contribution in [0.1, 0.15) is 74.1 Å². The lowest BCUT2D eigenvalue weighted by atomic mass is 9.75. The minimum atomic E-state index is -2.29. The minimum absolute atomic E-state index is 0.0303. The lowest BCUT2D eigenvalue weighted by Crippen LogP contribution is -2.57. The summed E-state index contributed by atoms with van der Waals surface area (Å²) in [5.74, 6) is -0.372. The summed E-state index contributed by atoms with van der Waals surface area (Å²) in [6.07, 6.45) is -0.754. The zero-order valence-electron chi connectivity index (χ0n) is 28.3. The van der Waals surface area contributed by atoms with Gasteiger partial charge in [0.2, 0.25) is 5.79 Å². The van der Waals surface area contributed by atoms with Gasteiger partial charge in [-0.2, -0.15) is 0 Å². The largest absolute Gasteiger partial charge is 0.496 e. The van der Waals surface area contributed by atoms with Crippen LogP contribution in [0.25, 0.3) is 0 Å². The average Bonchev–Trinajstić information content (AvgIpc) is 3.02. The summed E-state index contributed by atoms with van der Waals surface area (Å²) in [5, 5.41) is -0.0303. The molecule has 2 unspecified atom stereocenters. The van der Waals surface area contributed by atoms with Crippen molar-refractivity contribution in [2.24, 2.45) is 0 Å². The second-order valence-corrected chi connectivity index (χ2v) is 18.4. The minimum Gasteiger partial charge on any atom is -0.496 e. The summed E-state index contributed by atoms with van der Waals surface area (Å²) in [4.78, 5) is 0. The molecule has 1 saturated heterocycles. The van der Waals surface area contributed by atoms with Gasteiger partial charge in [0.15, 0.2) is 8.32 Å². The van der Waals surface area contributed by atoms with Gasteiger partial charge in [-0.15, -0.1) is 0 Å². The molecule has 8 heteroatoms. The van der Waals surface area contributed by atoms with Crippen molar-refractivity contribution in [1.82, 2.24) is 0 Å². The molecule has 0 aromatic heterocycles. The Morgan fingerprint density at radius 1 is 0.822 bits per heavy atom. The van der Waals surface area contributed by atoms with Crippen LogP contribution in [0.15, 0.2) is 72.8 Å². The van der Waals surface area contributed by atoms with E-state index in [9.17, 15) is 0 Å². The quantitative estimate of drug-likeness (QED) is 0.147. The van der Waals surface area contributed by atoms with Gasteiger partial charge in [0.05, 0.1) is 44.2 Å². The van der Waals surface area contributed by atoms with Crippen LogP contribution in [0.2, 0.25) is 18.1 Å². The standard InChI is InChI=1S/C37H50O7Si/c1-25-33(42-24-27-18-14-11-15-19-27)31(41-23-26-16-12-10-13-17-26)22-30(43-25)28-20-21-29-32(34(28)38-5)37(40-7,35(29)39-6)44-45(8,9)36(2,3)4/h10-21,25,30-31,33,35H,22-24H2,1-9H3/t25-,30-,31-,33-,35?,37?/m1/s1. The van der Waals surface area contributed by atoms with E-state index in [0.717, 1.165) is 27.8 Å². The predicted molar refractivity (Wildman–Crippen MR) is 178 cm³/mol. The van der Waals surface area contributed by atoms with Gasteiger partial charge in [0.1, 0.15) is 18.0 Å². The Balaban J connectivity index is 1.47. The van der Waals surface area contributed by atoms with E-state index in [1.54, 1.807) is 21.3 Å². The zero-order valence-corrected chi connectivity index (χ0v) is 29.3. The second-order valence-electron chi connectivity index (χ2n) is 13.7. The molecule has 0 radical (unpaired) electrons. The summed E-state index contributed by atoms with van der Waals surface area (Å²) in [5.41, 5.74) is 5.05. The molecule has 0 N–H and O–H groups in total. The number of hydrogen-bond acceptors (Lipinski definition) is 7. The first-order chi connectivity index (χ1) is 21.5. The molecule has 45 heavy (non-hydrogen) atoms. The first-order valence-corrected chi connectivity index (χ1v) is 18.8. The fourth-order valence-electron chi connectivity index (χ4n) is 6.28. The van der Waals surface area contributed by atoms with E-state index in [2.05, 4.69) is 77.2 Å². The molecule has 2 aliphatic rings. The Kier molecular flexibility index (Phi) is 10.3. The van der Waals surface area contributed by atoms with Gasteiger partial charge in [-0.1, -0.05) is 93.6 Å². The summed E-state index contributed by atoms with van der Waals surface area (Å²) >= 11 is 0. The first-order valence-electron chi connectivity index (χ1n) is 15.9. The van der Waals surface area contributed by atoms with E-state index in [1.165, 1.54) is 0 Å². The number of rotatable bonds is 12. The summed E-state index contributed by atoms with van der Waals surface area (Å²) in [6.45, 7) is 14.2. The number of methoxy groups -OCH3 is 3. The molecular formula is C37H50O7Si. The monoisotopic (exact) mass is 634 g/mol. The fraction of sp³-hybridized carbons (Fsp3) is 0.514. The SMILES string of the molecule is COc1c([C@H]2C[C@@H](OCc3ccccc3)[C@H](OCc3ccccc3)[C@@H](C)O2)ccc2c1C(OC)(O[Si](C)(C)C(C)(C)C)C2OC. The smallest absolute Gasteiger partial charge is 0.221 e. The molecular weight excluding hydrogens is 584 g/mol. The molecule has 1 aliphatic carbocycles. The highest BCUT2D eigenvalue weighted by atomic mass is 28.4. The maximum Gasteiger partial charge on any atom is 0.221 e. The topological polar surface area (TPSA) is 64.6 Å². The van der Waals surface area contributed by atoms with Crippen LogP contribution in [0.3, 0.4) is 0 Å². The van der Waals surface area contributed by atoms with Gasteiger partial charge in [0.25, 0.3) is 0 Å². The van der Waals surface area contributed by atoms with E-state index >= 15 is 0 Å². The molecule has 7 nitrogen and oxygen atoms in total. The summed E-state index contributed by atoms with van der Waals surface area (Å²) in [6, 6.07) is 24.6. The molecule has 6 atom stereocenters. The fourth-order valence-corrected chi connectivity index (χ4v) is 7.64. The average molecular weight is 635 g/mol. The molecule has 0 bridgehead atoms. The molecule has 3 aromatic carbocycles. The third-order valence-electron chi connectivity index (χ3n) is 9.75. The third-order valence-corrected chi connectivity index (χ3v) is 14.2. The number of hydrogen-bond donors (Lipinski definition) is 0. The normalized spacial score (nSPS) is 26.6. The highest BCUT2D eigenvalue weighted by Gasteiger charge is 2.61. The predicted octanol–water partition coefficient (Wildman–Crippen LogP) is 8.24. The van der Waals surface area contributed by atoms with Crippen LogP contribution in [-0.4, -0.2) is 48.0 Å². The van der Waals surface area contributed by atoms with Crippen LogP contribution >= 0.6 is 0 Å². The highest BCUT2D eigenvalue weighted by molar-refractivity contribution is 6.74. The first kappa shape index (κ1) is 33.8. The Hall–Kier alpha value is -2.56. The number of ether oxygens (including phenoxy) is 6. The molecule has 0 amide bonds. The van der Waals surface area contributed by atoms with Crippen molar-refractivity contribution in [2.45, 2.75) is 102 Å². The Morgan fingerprint density at radius 3 is 1.93 bits per heavy atom. The van der Waals surface area contributed by atoms with Crippen LogP contribution in [-0.2, 0) is 47.1 Å². The molecule has 0 saturated carbocycles. The molecule has 5 rings (SSSR count). The summed E-state index contributed by atoms with van der Waals surface area (Å²) < 4.78 is 45.4. The van der Waals surface area contributed by atoms with Gasteiger partial charge in [-0.3, -0.25) is 0 Å². The van der Waals surface area contributed by atoms with Crippen molar-refractivity contribution in [3.63, 3.8) is 0 Å². The van der Waals surface area contributed by atoms with Crippen molar-refractivity contribution in [3.05, 3.63) is 101 Å². The highest BCUT2D eigenvalue weighted by Crippen LogP contribution is 2.61. The van der Waals surface area contributed by atoms with E-state index < -0.39 is 14.1 Å². The van der Waals surface area contributed by atoms with E-state index in [0.29, 0.717) is 25.4 Å². The Bertz CT molecular complexity index is 1410. The Morgan fingerprint density at radius 2 is 1.40 bits per heavy atom. The van der Waals surface area contributed by atoms with E-state index in [-0.39, 0.29) is 35.6 Å². The molecule has 1 fully saturated rings. The van der Waals surface area contributed by atoms with Crippen LogP contribution < -0.4 is 4.74 Å². The van der Waals surface area contributed by atoms with Crippen molar-refractivity contribution >= 4 is 8.32 Å². The zero-order chi connectivity index (χ0) is 32.4. The van der Waals surface area contributed by atoms with Crippen molar-refractivity contribution < 1.29 is 32.8 Å². The van der Waals surface area contributed by atoms with Gasteiger partial charge >= 0.3 is 0 Å². The lowest BCUT2D eigenvalue weighted by Gasteiger charge is -2.54. The van der Waals surface area contributed by atoms with Gasteiger partial charge < -0.3 is 32.8 Å². The van der Waals surface area contributed by atoms with Crippen molar-refractivity contribution in [3.8, 4) is 5.75 Å². The second kappa shape index (κ2) is 13.7. The van der Waals surface area contributed by atoms with Crippen LogP contribution in [0.4, 0.5) is 0 Å². The molecule has 0 spiro atoms. The van der Waals surface area contributed by atoms with Crippen LogP contribution in [0.5, 0.6) is 5.75 Å².